The van der Waals surface area contributed by atoms with Crippen LogP contribution in [0.4, 0.5) is 0 Å². The Morgan fingerprint density at radius 3 is 2.00 bits per heavy atom. The van der Waals surface area contributed by atoms with Crippen molar-refractivity contribution in [1.82, 2.24) is 9.97 Å². The van der Waals surface area contributed by atoms with Crippen LogP contribution in [0.5, 0.6) is 0 Å². The fourth-order valence-corrected chi connectivity index (χ4v) is 2.60. The number of aryl methyl sites for hydroxylation is 2. The third-order valence-corrected chi connectivity index (χ3v) is 4.12. The number of hydrogen-bond acceptors (Lipinski definition) is 4. The van der Waals surface area contributed by atoms with E-state index in [0.29, 0.717) is 0 Å². The first-order chi connectivity index (χ1) is 12.5. The standard InChI is InChI=1S/C22H27N3O/c1-16(2)21-10-6-8-19(23-21)14-12-17(3)13-15-20-9-7-11-22(24-20)18(4)25-26-5/h6-11H,1,3,12-15H2,2,4-5H3/b25-18+. The Morgan fingerprint density at radius 1 is 0.923 bits per heavy atom. The Morgan fingerprint density at radius 2 is 1.46 bits per heavy atom. The van der Waals surface area contributed by atoms with Crippen molar-refractivity contribution in [2.45, 2.75) is 39.5 Å². The van der Waals surface area contributed by atoms with E-state index in [4.69, 9.17) is 4.84 Å². The van der Waals surface area contributed by atoms with Crippen LogP contribution in [0.2, 0.25) is 0 Å². The van der Waals surface area contributed by atoms with Crippen LogP contribution in [0.1, 0.15) is 49.5 Å². The SMILES string of the molecule is C=C(CCc1cccc(C(=C)C)n1)CCc1cccc(/C(C)=N/OC)n1. The van der Waals surface area contributed by atoms with E-state index in [1.165, 1.54) is 12.7 Å². The maximum Gasteiger partial charge on any atom is 0.106 e. The summed E-state index contributed by atoms with van der Waals surface area (Å²) in [6, 6.07) is 12.1. The Balaban J connectivity index is 1.87. The van der Waals surface area contributed by atoms with Crippen LogP contribution in [-0.4, -0.2) is 22.8 Å². The predicted molar refractivity (Wildman–Crippen MR) is 108 cm³/mol. The summed E-state index contributed by atoms with van der Waals surface area (Å²) >= 11 is 0. The highest BCUT2D eigenvalue weighted by atomic mass is 16.6. The van der Waals surface area contributed by atoms with Crippen molar-refractivity contribution in [3.8, 4) is 0 Å². The van der Waals surface area contributed by atoms with Crippen LogP contribution >= 0.6 is 0 Å². The van der Waals surface area contributed by atoms with Gasteiger partial charge in [-0.2, -0.15) is 0 Å². The van der Waals surface area contributed by atoms with Gasteiger partial charge in [0.1, 0.15) is 12.8 Å². The summed E-state index contributed by atoms with van der Waals surface area (Å²) < 4.78 is 0. The Hall–Kier alpha value is -2.75. The molecule has 0 amide bonds. The third-order valence-electron chi connectivity index (χ3n) is 4.12. The van der Waals surface area contributed by atoms with Crippen LogP contribution in [0.25, 0.3) is 5.57 Å². The molecule has 0 bridgehead atoms. The largest absolute Gasteiger partial charge is 0.399 e. The molecule has 136 valence electrons. The van der Waals surface area contributed by atoms with Crippen LogP contribution in [0, 0.1) is 0 Å². The Labute approximate surface area is 156 Å². The van der Waals surface area contributed by atoms with Crippen molar-refractivity contribution in [3.63, 3.8) is 0 Å². The molecule has 0 spiro atoms. The number of oxime groups is 1. The van der Waals surface area contributed by atoms with E-state index in [0.717, 1.165) is 59.7 Å². The fraction of sp³-hybridized carbons (Fsp3) is 0.318. The van der Waals surface area contributed by atoms with Gasteiger partial charge in [0.2, 0.25) is 0 Å². The molecular formula is C22H27N3O. The maximum absolute atomic E-state index is 4.82. The van der Waals surface area contributed by atoms with Gasteiger partial charge in [0.15, 0.2) is 0 Å². The normalized spacial score (nSPS) is 11.3. The molecule has 2 aromatic heterocycles. The van der Waals surface area contributed by atoms with Gasteiger partial charge in [-0.3, -0.25) is 9.97 Å². The second-order valence-electron chi connectivity index (χ2n) is 6.42. The number of aromatic nitrogens is 2. The highest BCUT2D eigenvalue weighted by Gasteiger charge is 2.05. The summed E-state index contributed by atoms with van der Waals surface area (Å²) in [5.74, 6) is 0. The molecule has 0 fully saturated rings. The first-order valence-electron chi connectivity index (χ1n) is 8.82. The first-order valence-corrected chi connectivity index (χ1v) is 8.82. The van der Waals surface area contributed by atoms with E-state index >= 15 is 0 Å². The lowest BCUT2D eigenvalue weighted by Gasteiger charge is -2.08. The fourth-order valence-electron chi connectivity index (χ4n) is 2.60. The van der Waals surface area contributed by atoms with E-state index in [2.05, 4.69) is 34.3 Å². The minimum absolute atomic E-state index is 0.775. The first kappa shape index (κ1) is 19.6. The summed E-state index contributed by atoms with van der Waals surface area (Å²) in [7, 11) is 1.54. The summed E-state index contributed by atoms with van der Waals surface area (Å²) in [5, 5.41) is 3.94. The quantitative estimate of drug-likeness (QED) is 0.363. The molecule has 4 nitrogen and oxygen atoms in total. The lowest BCUT2D eigenvalue weighted by molar-refractivity contribution is 0.213. The van der Waals surface area contributed by atoms with Crippen molar-refractivity contribution < 1.29 is 4.84 Å². The number of hydrogen-bond donors (Lipinski definition) is 0. The summed E-state index contributed by atoms with van der Waals surface area (Å²) in [5.41, 5.74) is 6.90. The van der Waals surface area contributed by atoms with Gasteiger partial charge in [0.05, 0.1) is 11.4 Å². The molecule has 2 aromatic rings. The highest BCUT2D eigenvalue weighted by molar-refractivity contribution is 5.96. The maximum atomic E-state index is 4.82. The minimum atomic E-state index is 0.775. The molecule has 4 heteroatoms. The van der Waals surface area contributed by atoms with Crippen LogP contribution < -0.4 is 0 Å². The molecule has 0 atom stereocenters. The smallest absolute Gasteiger partial charge is 0.106 e. The average Bonchev–Trinajstić information content (AvgIpc) is 2.65. The van der Waals surface area contributed by atoms with Crippen molar-refractivity contribution >= 4 is 11.3 Å². The van der Waals surface area contributed by atoms with E-state index in [1.807, 2.05) is 44.2 Å². The minimum Gasteiger partial charge on any atom is -0.399 e. The molecule has 2 rings (SSSR count). The van der Waals surface area contributed by atoms with Gasteiger partial charge in [-0.15, -0.1) is 0 Å². The van der Waals surface area contributed by atoms with Crippen molar-refractivity contribution in [1.29, 1.82) is 0 Å². The molecule has 0 saturated carbocycles. The molecule has 0 aliphatic heterocycles. The molecule has 0 aliphatic carbocycles. The zero-order chi connectivity index (χ0) is 18.9. The van der Waals surface area contributed by atoms with Gasteiger partial charge in [-0.25, -0.2) is 0 Å². The Bertz CT molecular complexity index is 809. The van der Waals surface area contributed by atoms with Crippen molar-refractivity contribution in [3.05, 3.63) is 77.9 Å². The number of pyridine rings is 2. The van der Waals surface area contributed by atoms with E-state index in [1.54, 1.807) is 0 Å². The predicted octanol–water partition coefficient (Wildman–Crippen LogP) is 5.00. The molecule has 0 saturated heterocycles. The topological polar surface area (TPSA) is 47.4 Å². The van der Waals surface area contributed by atoms with E-state index < -0.39 is 0 Å². The molecule has 0 aromatic carbocycles. The van der Waals surface area contributed by atoms with Gasteiger partial charge < -0.3 is 4.84 Å². The zero-order valence-corrected chi connectivity index (χ0v) is 16.0. The number of allylic oxidation sites excluding steroid dienone is 2. The van der Waals surface area contributed by atoms with Crippen molar-refractivity contribution in [2.75, 3.05) is 7.11 Å². The summed E-state index contributed by atoms with van der Waals surface area (Å²) in [6.45, 7) is 12.0. The molecule has 0 radical (unpaired) electrons. The van der Waals surface area contributed by atoms with Gasteiger partial charge >= 0.3 is 0 Å². The number of rotatable bonds is 9. The second-order valence-corrected chi connectivity index (χ2v) is 6.42. The monoisotopic (exact) mass is 349 g/mol. The highest BCUT2D eigenvalue weighted by Crippen LogP contribution is 2.15. The van der Waals surface area contributed by atoms with Crippen LogP contribution in [0.3, 0.4) is 0 Å². The summed E-state index contributed by atoms with van der Waals surface area (Å²) in [4.78, 5) is 14.1. The third kappa shape index (κ3) is 5.96. The van der Waals surface area contributed by atoms with E-state index in [9.17, 15) is 0 Å². The Kier molecular flexibility index (Phi) is 7.27. The molecular weight excluding hydrogens is 322 g/mol. The van der Waals surface area contributed by atoms with Gasteiger partial charge in [0, 0.05) is 11.4 Å². The average molecular weight is 349 g/mol. The van der Waals surface area contributed by atoms with Crippen molar-refractivity contribution in [2.24, 2.45) is 5.16 Å². The molecule has 0 aliphatic rings. The molecule has 26 heavy (non-hydrogen) atoms. The van der Waals surface area contributed by atoms with Gasteiger partial charge in [0.25, 0.3) is 0 Å². The van der Waals surface area contributed by atoms with E-state index in [-0.39, 0.29) is 0 Å². The summed E-state index contributed by atoms with van der Waals surface area (Å²) in [6.07, 6.45) is 3.60. The van der Waals surface area contributed by atoms with Crippen LogP contribution in [0.15, 0.2) is 60.3 Å². The van der Waals surface area contributed by atoms with Crippen LogP contribution in [-0.2, 0) is 17.7 Å². The lowest BCUT2D eigenvalue weighted by Crippen LogP contribution is -2.02. The molecule has 0 N–H and O–H groups in total. The van der Waals surface area contributed by atoms with Gasteiger partial charge in [-0.1, -0.05) is 36.0 Å². The second kappa shape index (κ2) is 9.66. The molecule has 0 unspecified atom stereocenters. The number of nitrogens with zero attached hydrogens (tertiary/aromatic N) is 3. The zero-order valence-electron chi connectivity index (χ0n) is 16.0. The molecule has 2 heterocycles. The lowest BCUT2D eigenvalue weighted by atomic mass is 10.0. The van der Waals surface area contributed by atoms with Gasteiger partial charge in [-0.05, 0) is 69.4 Å².